The summed E-state index contributed by atoms with van der Waals surface area (Å²) in [6.07, 6.45) is 2.45. The molecule has 0 aliphatic rings. The Labute approximate surface area is 64.4 Å². The van der Waals surface area contributed by atoms with Crippen molar-refractivity contribution in [3.05, 3.63) is 0 Å². The lowest BCUT2D eigenvalue weighted by Gasteiger charge is -2.09. The molecule has 0 aromatic rings. The van der Waals surface area contributed by atoms with Crippen LogP contribution in [0, 0.1) is 0 Å². The quantitative estimate of drug-likeness (QED) is 0.543. The van der Waals surface area contributed by atoms with Gasteiger partial charge in [0.25, 0.3) is 0 Å². The Morgan fingerprint density at radius 1 is 1.30 bits per heavy atom. The maximum Gasteiger partial charge on any atom is 0.00478 e. The highest BCUT2D eigenvalue weighted by Crippen LogP contribution is 1.85. The summed E-state index contributed by atoms with van der Waals surface area (Å²) < 4.78 is 0. The average molecular weight is 144 g/mol. The Balaban J connectivity index is 2.89. The van der Waals surface area contributed by atoms with Crippen LogP contribution in [-0.4, -0.2) is 26.2 Å². The van der Waals surface area contributed by atoms with Crippen molar-refractivity contribution in [1.29, 1.82) is 0 Å². The highest BCUT2D eigenvalue weighted by atomic mass is 14.9. The largest absolute Gasteiger partial charge is 0.317 e. The van der Waals surface area contributed by atoms with Crippen molar-refractivity contribution in [2.45, 2.75) is 32.7 Å². The molecule has 2 heteroatoms. The maximum absolute atomic E-state index is 3.36. The maximum atomic E-state index is 3.36. The summed E-state index contributed by atoms with van der Waals surface area (Å²) in [5, 5.41) is 6.56. The van der Waals surface area contributed by atoms with Crippen LogP contribution >= 0.6 is 0 Å². The van der Waals surface area contributed by atoms with Crippen molar-refractivity contribution in [1.82, 2.24) is 10.6 Å². The third kappa shape index (κ3) is 6.05. The molecule has 0 bridgehead atoms. The number of hydrogen-bond donors (Lipinski definition) is 2. The number of hydrogen-bond acceptors (Lipinski definition) is 2. The second-order valence-electron chi connectivity index (χ2n) is 2.73. The Bertz CT molecular complexity index is 64.3. The Kier molecular flexibility index (Phi) is 6.98. The first-order chi connectivity index (χ1) is 4.81. The minimum Gasteiger partial charge on any atom is -0.317 e. The molecular formula is C8H20N2. The molecule has 10 heavy (non-hydrogen) atoms. The molecule has 0 fully saturated rings. The summed E-state index contributed by atoms with van der Waals surface area (Å²) in [6.45, 7) is 6.68. The fourth-order valence-corrected chi connectivity index (χ4v) is 0.765. The van der Waals surface area contributed by atoms with Gasteiger partial charge in [-0.1, -0.05) is 6.92 Å². The monoisotopic (exact) mass is 144 g/mol. The van der Waals surface area contributed by atoms with Crippen LogP contribution in [0.5, 0.6) is 0 Å². The second kappa shape index (κ2) is 7.03. The molecular weight excluding hydrogens is 124 g/mol. The minimum atomic E-state index is 0.643. The van der Waals surface area contributed by atoms with Gasteiger partial charge in [0, 0.05) is 6.04 Å². The lowest BCUT2D eigenvalue weighted by atomic mass is 10.2. The van der Waals surface area contributed by atoms with Crippen molar-refractivity contribution in [2.24, 2.45) is 0 Å². The summed E-state index contributed by atoms with van der Waals surface area (Å²) in [7, 11) is 2.00. The summed E-state index contributed by atoms with van der Waals surface area (Å²) in [4.78, 5) is 0. The van der Waals surface area contributed by atoms with Gasteiger partial charge >= 0.3 is 0 Å². The summed E-state index contributed by atoms with van der Waals surface area (Å²) in [6, 6.07) is 0.643. The Hall–Kier alpha value is -0.0800. The van der Waals surface area contributed by atoms with Gasteiger partial charge in [-0.3, -0.25) is 0 Å². The zero-order valence-corrected chi connectivity index (χ0v) is 7.41. The molecule has 0 aromatic heterocycles. The fraction of sp³-hybridized carbons (Fsp3) is 1.00. The van der Waals surface area contributed by atoms with E-state index in [9.17, 15) is 0 Å². The minimum absolute atomic E-state index is 0.643. The van der Waals surface area contributed by atoms with Crippen molar-refractivity contribution in [3.63, 3.8) is 0 Å². The molecule has 1 atom stereocenters. The predicted octanol–water partition coefficient (Wildman–Crippen LogP) is 0.984. The normalized spacial score (nSPS) is 13.5. The van der Waals surface area contributed by atoms with Crippen LogP contribution in [0.4, 0.5) is 0 Å². The van der Waals surface area contributed by atoms with Gasteiger partial charge in [0.05, 0.1) is 0 Å². The molecule has 0 radical (unpaired) electrons. The highest BCUT2D eigenvalue weighted by Gasteiger charge is 1.94. The van der Waals surface area contributed by atoms with Gasteiger partial charge < -0.3 is 10.6 Å². The summed E-state index contributed by atoms with van der Waals surface area (Å²) in [5.41, 5.74) is 0. The van der Waals surface area contributed by atoms with Crippen molar-refractivity contribution >= 4 is 0 Å². The van der Waals surface area contributed by atoms with E-state index in [0.29, 0.717) is 6.04 Å². The van der Waals surface area contributed by atoms with Crippen LogP contribution in [0.3, 0.4) is 0 Å². The number of nitrogens with one attached hydrogen (secondary N) is 2. The highest BCUT2D eigenvalue weighted by molar-refractivity contribution is 4.58. The molecule has 0 aliphatic carbocycles. The van der Waals surface area contributed by atoms with E-state index in [2.05, 4.69) is 24.5 Å². The molecule has 0 amide bonds. The molecule has 2 N–H and O–H groups in total. The van der Waals surface area contributed by atoms with Gasteiger partial charge in [0.15, 0.2) is 0 Å². The molecule has 0 aliphatic heterocycles. The van der Waals surface area contributed by atoms with Gasteiger partial charge in [-0.2, -0.15) is 0 Å². The van der Waals surface area contributed by atoms with Crippen molar-refractivity contribution < 1.29 is 0 Å². The first-order valence-corrected chi connectivity index (χ1v) is 4.19. The standard InChI is InChI=1S/C8H20N2/c1-4-6-10-7-5-8(2)9-3/h8-10H,4-7H2,1-3H3. The molecule has 62 valence electrons. The van der Waals surface area contributed by atoms with Crippen molar-refractivity contribution in [2.75, 3.05) is 20.1 Å². The lowest BCUT2D eigenvalue weighted by molar-refractivity contribution is 0.528. The molecule has 2 nitrogen and oxygen atoms in total. The molecule has 0 aromatic carbocycles. The molecule has 0 saturated heterocycles. The second-order valence-corrected chi connectivity index (χ2v) is 2.73. The van der Waals surface area contributed by atoms with E-state index in [1.807, 2.05) is 7.05 Å². The Morgan fingerprint density at radius 2 is 2.00 bits per heavy atom. The topological polar surface area (TPSA) is 24.1 Å². The smallest absolute Gasteiger partial charge is 0.00478 e. The summed E-state index contributed by atoms with van der Waals surface area (Å²) >= 11 is 0. The predicted molar refractivity (Wildman–Crippen MR) is 46.3 cm³/mol. The molecule has 0 spiro atoms. The zero-order chi connectivity index (χ0) is 7.82. The van der Waals surface area contributed by atoms with E-state index in [1.165, 1.54) is 12.8 Å². The third-order valence-corrected chi connectivity index (χ3v) is 1.67. The van der Waals surface area contributed by atoms with Gasteiger partial charge in [0.1, 0.15) is 0 Å². The molecule has 1 unspecified atom stereocenters. The van der Waals surface area contributed by atoms with Crippen LogP contribution in [0.15, 0.2) is 0 Å². The first kappa shape index (κ1) is 9.92. The van der Waals surface area contributed by atoms with Crippen LogP contribution in [0.2, 0.25) is 0 Å². The Morgan fingerprint density at radius 3 is 2.50 bits per heavy atom. The van der Waals surface area contributed by atoms with E-state index in [1.54, 1.807) is 0 Å². The van der Waals surface area contributed by atoms with E-state index < -0.39 is 0 Å². The van der Waals surface area contributed by atoms with Crippen LogP contribution < -0.4 is 10.6 Å². The summed E-state index contributed by atoms with van der Waals surface area (Å²) in [5.74, 6) is 0. The molecule has 0 saturated carbocycles. The van der Waals surface area contributed by atoms with Crippen LogP contribution in [0.1, 0.15) is 26.7 Å². The van der Waals surface area contributed by atoms with Gasteiger partial charge in [-0.15, -0.1) is 0 Å². The van der Waals surface area contributed by atoms with Crippen LogP contribution in [0.25, 0.3) is 0 Å². The van der Waals surface area contributed by atoms with Gasteiger partial charge in [-0.05, 0) is 39.9 Å². The molecule has 0 heterocycles. The van der Waals surface area contributed by atoms with E-state index in [0.717, 1.165) is 13.1 Å². The third-order valence-electron chi connectivity index (χ3n) is 1.67. The van der Waals surface area contributed by atoms with Gasteiger partial charge in [-0.25, -0.2) is 0 Å². The SMILES string of the molecule is CCCNCCC(C)NC. The molecule has 0 rings (SSSR count). The van der Waals surface area contributed by atoms with E-state index in [4.69, 9.17) is 0 Å². The first-order valence-electron chi connectivity index (χ1n) is 4.19. The lowest BCUT2D eigenvalue weighted by Crippen LogP contribution is -2.27. The zero-order valence-electron chi connectivity index (χ0n) is 7.41. The van der Waals surface area contributed by atoms with Gasteiger partial charge in [0.2, 0.25) is 0 Å². The number of rotatable bonds is 6. The van der Waals surface area contributed by atoms with Crippen molar-refractivity contribution in [3.8, 4) is 0 Å². The van der Waals surface area contributed by atoms with Crippen LogP contribution in [-0.2, 0) is 0 Å². The van der Waals surface area contributed by atoms with E-state index in [-0.39, 0.29) is 0 Å². The van der Waals surface area contributed by atoms with E-state index >= 15 is 0 Å². The fourth-order valence-electron chi connectivity index (χ4n) is 0.765. The average Bonchev–Trinajstić information content (AvgIpc) is 1.98.